The number of hydrogen-bond acceptors (Lipinski definition) is 6. The molecule has 4 rings (SSSR count). The summed E-state index contributed by atoms with van der Waals surface area (Å²) < 4.78 is 0. The molecule has 0 aromatic carbocycles. The molecular formula is C27H46O6. The van der Waals surface area contributed by atoms with Gasteiger partial charge in [0.25, 0.3) is 0 Å². The molecule has 33 heavy (non-hydrogen) atoms. The largest absolute Gasteiger partial charge is 0.393 e. The minimum absolute atomic E-state index is 0.0520. The third-order valence-electron chi connectivity index (χ3n) is 10.9. The van der Waals surface area contributed by atoms with Gasteiger partial charge in [-0.25, -0.2) is 0 Å². The fraction of sp³-hybridized carbons (Fsp3) is 0.926. The summed E-state index contributed by atoms with van der Waals surface area (Å²) in [4.78, 5) is 0. The molecule has 4 fully saturated rings. The maximum atomic E-state index is 11.6. The summed E-state index contributed by atoms with van der Waals surface area (Å²) in [6, 6.07) is 0. The number of aliphatic hydroxyl groups is 6. The van der Waals surface area contributed by atoms with E-state index in [0.717, 1.165) is 19.3 Å². The van der Waals surface area contributed by atoms with E-state index in [2.05, 4.69) is 26.8 Å². The van der Waals surface area contributed by atoms with Gasteiger partial charge < -0.3 is 30.6 Å². The van der Waals surface area contributed by atoms with Gasteiger partial charge in [-0.2, -0.15) is 0 Å². The van der Waals surface area contributed by atoms with Gasteiger partial charge in [0, 0.05) is 11.8 Å². The van der Waals surface area contributed by atoms with Gasteiger partial charge in [-0.1, -0.05) is 32.9 Å². The first-order chi connectivity index (χ1) is 15.3. The fourth-order valence-corrected chi connectivity index (χ4v) is 8.93. The van der Waals surface area contributed by atoms with Crippen LogP contribution in [0.15, 0.2) is 12.2 Å². The van der Waals surface area contributed by atoms with Crippen LogP contribution in [0, 0.1) is 40.4 Å². The Balaban J connectivity index is 1.58. The molecule has 12 atom stereocenters. The maximum Gasteiger partial charge on any atom is 0.0985 e. The van der Waals surface area contributed by atoms with Crippen molar-refractivity contribution in [2.24, 2.45) is 40.4 Å². The van der Waals surface area contributed by atoms with Crippen LogP contribution < -0.4 is 0 Å². The lowest BCUT2D eigenvalue weighted by Crippen LogP contribution is -2.69. The summed E-state index contributed by atoms with van der Waals surface area (Å²) in [5.74, 6) is 1.00. The molecule has 0 saturated heterocycles. The highest BCUT2D eigenvalue weighted by atomic mass is 16.3. The third kappa shape index (κ3) is 3.93. The molecule has 0 radical (unpaired) electrons. The molecule has 0 spiro atoms. The minimum atomic E-state index is -1.26. The topological polar surface area (TPSA) is 121 Å². The molecule has 0 aromatic heterocycles. The van der Waals surface area contributed by atoms with Gasteiger partial charge in [-0.05, 0) is 86.9 Å². The zero-order valence-corrected chi connectivity index (χ0v) is 20.8. The molecule has 0 amide bonds. The zero-order chi connectivity index (χ0) is 24.4. The average Bonchev–Trinajstić information content (AvgIpc) is 3.01. The Bertz CT molecular complexity index is 753. The maximum absolute atomic E-state index is 11.6. The van der Waals surface area contributed by atoms with Crippen LogP contribution in [0.25, 0.3) is 0 Å². The van der Waals surface area contributed by atoms with E-state index < -0.39 is 34.9 Å². The molecule has 4 saturated carbocycles. The molecule has 0 heterocycles. The molecular weight excluding hydrogens is 420 g/mol. The van der Waals surface area contributed by atoms with E-state index >= 15 is 0 Å². The Labute approximate surface area is 198 Å². The lowest BCUT2D eigenvalue weighted by atomic mass is 9.42. The minimum Gasteiger partial charge on any atom is -0.393 e. The molecule has 6 nitrogen and oxygen atoms in total. The van der Waals surface area contributed by atoms with Gasteiger partial charge in [-0.15, -0.1) is 0 Å². The molecule has 0 unspecified atom stereocenters. The molecule has 0 aliphatic heterocycles. The van der Waals surface area contributed by atoms with Crippen LogP contribution >= 0.6 is 0 Å². The predicted molar refractivity (Wildman–Crippen MR) is 126 cm³/mol. The highest BCUT2D eigenvalue weighted by Crippen LogP contribution is 2.69. The lowest BCUT2D eigenvalue weighted by Gasteiger charge is -2.65. The van der Waals surface area contributed by atoms with Crippen LogP contribution in [0.5, 0.6) is 0 Å². The van der Waals surface area contributed by atoms with Crippen molar-refractivity contribution in [3.05, 3.63) is 12.2 Å². The first-order valence-corrected chi connectivity index (χ1v) is 13.1. The van der Waals surface area contributed by atoms with E-state index in [1.807, 2.05) is 6.08 Å². The summed E-state index contributed by atoms with van der Waals surface area (Å²) in [5.41, 5.74) is -2.88. The zero-order valence-electron chi connectivity index (χ0n) is 20.8. The van der Waals surface area contributed by atoms with Crippen molar-refractivity contribution >= 4 is 0 Å². The molecule has 0 bridgehead atoms. The van der Waals surface area contributed by atoms with Crippen LogP contribution in [-0.4, -0.2) is 66.8 Å². The second-order valence-electron chi connectivity index (χ2n) is 12.9. The molecule has 6 N–H and O–H groups in total. The molecule has 190 valence electrons. The fourth-order valence-electron chi connectivity index (χ4n) is 8.93. The second-order valence-corrected chi connectivity index (χ2v) is 12.9. The molecule has 4 aliphatic carbocycles. The van der Waals surface area contributed by atoms with Crippen molar-refractivity contribution in [2.75, 3.05) is 6.61 Å². The van der Waals surface area contributed by atoms with Crippen LogP contribution in [0.1, 0.15) is 79.1 Å². The Morgan fingerprint density at radius 3 is 2.45 bits per heavy atom. The predicted octanol–water partition coefficient (Wildman–Crippen LogP) is 2.39. The van der Waals surface area contributed by atoms with Gasteiger partial charge in [0.05, 0.1) is 36.1 Å². The van der Waals surface area contributed by atoms with Gasteiger partial charge >= 0.3 is 0 Å². The van der Waals surface area contributed by atoms with E-state index in [1.54, 1.807) is 6.92 Å². The van der Waals surface area contributed by atoms with Crippen molar-refractivity contribution < 1.29 is 30.6 Å². The second kappa shape index (κ2) is 8.56. The highest BCUT2D eigenvalue weighted by molar-refractivity contribution is 5.19. The van der Waals surface area contributed by atoms with Gasteiger partial charge in [-0.3, -0.25) is 0 Å². The summed E-state index contributed by atoms with van der Waals surface area (Å²) in [6.07, 6.45) is 7.35. The van der Waals surface area contributed by atoms with E-state index in [0.29, 0.717) is 31.6 Å². The van der Waals surface area contributed by atoms with Crippen molar-refractivity contribution in [1.82, 2.24) is 0 Å². The summed E-state index contributed by atoms with van der Waals surface area (Å²) in [7, 11) is 0. The lowest BCUT2D eigenvalue weighted by molar-refractivity contribution is -0.268. The molecule has 6 heteroatoms. The Morgan fingerprint density at radius 2 is 1.79 bits per heavy atom. The van der Waals surface area contributed by atoms with Crippen LogP contribution in [-0.2, 0) is 0 Å². The van der Waals surface area contributed by atoms with Crippen LogP contribution in [0.3, 0.4) is 0 Å². The Kier molecular flexibility index (Phi) is 6.64. The van der Waals surface area contributed by atoms with Crippen LogP contribution in [0.2, 0.25) is 0 Å². The normalized spacial score (nSPS) is 52.6. The van der Waals surface area contributed by atoms with E-state index in [-0.39, 0.29) is 42.1 Å². The monoisotopic (exact) mass is 466 g/mol. The van der Waals surface area contributed by atoms with Gasteiger partial charge in [0.15, 0.2) is 0 Å². The van der Waals surface area contributed by atoms with Crippen molar-refractivity contribution in [3.63, 3.8) is 0 Å². The van der Waals surface area contributed by atoms with Gasteiger partial charge in [0.2, 0.25) is 0 Å². The van der Waals surface area contributed by atoms with Crippen molar-refractivity contribution in [2.45, 2.75) is 109 Å². The van der Waals surface area contributed by atoms with Crippen molar-refractivity contribution in [3.8, 4) is 0 Å². The SMILES string of the molecule is C[C@H](/C=C/C[C@](C)(O)CO)[C@H]1C[C@@H](O)[C@H]2[C@@H]3C[C@@H](O)[C@@]4(O)C[C@@H](O)CC[C@]4(C)[C@H]3CC[C@@]21C. The van der Waals surface area contributed by atoms with Crippen molar-refractivity contribution in [1.29, 1.82) is 0 Å². The number of rotatable bonds is 5. The summed E-state index contributed by atoms with van der Waals surface area (Å²) in [5, 5.41) is 63.8. The Morgan fingerprint density at radius 1 is 1.09 bits per heavy atom. The van der Waals surface area contributed by atoms with E-state index in [9.17, 15) is 30.6 Å². The average molecular weight is 467 g/mol. The first kappa shape index (κ1) is 25.6. The number of hydrogen-bond donors (Lipinski definition) is 6. The standard InChI is InChI=1S/C27H46O6/c1-16(6-5-9-24(2,32)15-28)20-13-21(30)23-18-12-22(31)27(33)14-17(29)7-11-26(27,4)19(18)8-10-25(20,23)3/h5-6,16-23,28-33H,7-15H2,1-4H3/b6-5+/t16-,17+,18-,19+,20-,21-,22-,23-,24+,25-,26-,27+/m1/s1. The third-order valence-corrected chi connectivity index (χ3v) is 10.9. The number of fused-ring (bicyclic) bond motifs is 5. The highest BCUT2D eigenvalue weighted by Gasteiger charge is 2.68. The number of allylic oxidation sites excluding steroid dienone is 1. The van der Waals surface area contributed by atoms with Crippen LogP contribution in [0.4, 0.5) is 0 Å². The smallest absolute Gasteiger partial charge is 0.0985 e. The summed E-state index contributed by atoms with van der Waals surface area (Å²) in [6.45, 7) is 7.95. The van der Waals surface area contributed by atoms with E-state index in [1.165, 1.54) is 0 Å². The first-order valence-electron chi connectivity index (χ1n) is 13.1. The Hall–Kier alpha value is -0.500. The quantitative estimate of drug-likeness (QED) is 0.346. The van der Waals surface area contributed by atoms with E-state index in [4.69, 9.17) is 0 Å². The molecule has 4 aliphatic rings. The molecule has 0 aromatic rings. The summed E-state index contributed by atoms with van der Waals surface area (Å²) >= 11 is 0. The van der Waals surface area contributed by atoms with Gasteiger partial charge in [0.1, 0.15) is 0 Å². The number of aliphatic hydroxyl groups excluding tert-OH is 4.